The third-order valence-corrected chi connectivity index (χ3v) is 4.16. The lowest BCUT2D eigenvalue weighted by Crippen LogP contribution is -2.31. The number of hydrogen-bond acceptors (Lipinski definition) is 4. The largest absolute Gasteiger partial charge is 0.492 e. The first-order valence-corrected chi connectivity index (χ1v) is 7.68. The quantitative estimate of drug-likeness (QED) is 0.828. The van der Waals surface area contributed by atoms with Crippen LogP contribution in [0.25, 0.3) is 0 Å². The van der Waals surface area contributed by atoms with Gasteiger partial charge in [0.15, 0.2) is 0 Å². The van der Waals surface area contributed by atoms with E-state index in [0.29, 0.717) is 12.4 Å². The van der Waals surface area contributed by atoms with Crippen LogP contribution in [0, 0.1) is 13.8 Å². The molecule has 1 unspecified atom stereocenters. The van der Waals surface area contributed by atoms with Crippen molar-refractivity contribution in [2.24, 2.45) is 0 Å². The van der Waals surface area contributed by atoms with Crippen LogP contribution in [-0.2, 0) is 10.0 Å². The number of aliphatic hydroxyl groups excluding tert-OH is 1. The molecule has 1 aromatic carbocycles. The van der Waals surface area contributed by atoms with E-state index in [4.69, 9.17) is 4.74 Å². The molecule has 6 heteroatoms. The van der Waals surface area contributed by atoms with Crippen LogP contribution in [0.5, 0.6) is 5.75 Å². The first-order valence-electron chi connectivity index (χ1n) is 6.19. The molecule has 19 heavy (non-hydrogen) atoms. The van der Waals surface area contributed by atoms with Crippen molar-refractivity contribution in [1.29, 1.82) is 0 Å². The molecule has 0 spiro atoms. The van der Waals surface area contributed by atoms with Crippen LogP contribution in [0.1, 0.15) is 25.0 Å². The molecule has 5 nitrogen and oxygen atoms in total. The SMILES string of the molecule is CCOc1cc(C)c(C)cc1S(=O)(=O)NCC(C)O. The number of nitrogens with one attached hydrogen (secondary N) is 1. The van der Waals surface area contributed by atoms with Crippen LogP contribution < -0.4 is 9.46 Å². The molecule has 0 radical (unpaired) electrons. The Labute approximate surface area is 114 Å². The Bertz CT molecular complexity index is 538. The van der Waals surface area contributed by atoms with Crippen molar-refractivity contribution in [1.82, 2.24) is 4.72 Å². The normalized spacial score (nSPS) is 13.3. The van der Waals surface area contributed by atoms with E-state index in [2.05, 4.69) is 4.72 Å². The monoisotopic (exact) mass is 287 g/mol. The maximum Gasteiger partial charge on any atom is 0.244 e. The molecule has 1 rings (SSSR count). The van der Waals surface area contributed by atoms with Gasteiger partial charge in [0.05, 0.1) is 12.7 Å². The average Bonchev–Trinajstić information content (AvgIpc) is 2.31. The van der Waals surface area contributed by atoms with Gasteiger partial charge >= 0.3 is 0 Å². The Kier molecular flexibility index (Phi) is 5.34. The predicted molar refractivity (Wildman–Crippen MR) is 74.0 cm³/mol. The molecular weight excluding hydrogens is 266 g/mol. The minimum Gasteiger partial charge on any atom is -0.492 e. The number of benzene rings is 1. The van der Waals surface area contributed by atoms with E-state index in [9.17, 15) is 13.5 Å². The predicted octanol–water partition coefficient (Wildman–Crippen LogP) is 1.36. The van der Waals surface area contributed by atoms with Crippen LogP contribution in [0.15, 0.2) is 17.0 Å². The average molecular weight is 287 g/mol. The van der Waals surface area contributed by atoms with Gasteiger partial charge in [-0.05, 0) is 51.0 Å². The molecule has 0 aliphatic heterocycles. The highest BCUT2D eigenvalue weighted by Crippen LogP contribution is 2.27. The highest BCUT2D eigenvalue weighted by Gasteiger charge is 2.21. The number of aryl methyl sites for hydroxylation is 2. The van der Waals surface area contributed by atoms with E-state index in [0.717, 1.165) is 11.1 Å². The minimum atomic E-state index is -3.68. The topological polar surface area (TPSA) is 75.6 Å². The Morgan fingerprint density at radius 2 is 1.89 bits per heavy atom. The molecule has 0 saturated heterocycles. The van der Waals surface area contributed by atoms with Gasteiger partial charge in [-0.3, -0.25) is 0 Å². The molecule has 108 valence electrons. The number of aliphatic hydroxyl groups is 1. The fraction of sp³-hybridized carbons (Fsp3) is 0.538. The van der Waals surface area contributed by atoms with Crippen molar-refractivity contribution in [3.05, 3.63) is 23.3 Å². The fourth-order valence-corrected chi connectivity index (χ4v) is 2.88. The van der Waals surface area contributed by atoms with Crippen LogP contribution >= 0.6 is 0 Å². The molecule has 2 N–H and O–H groups in total. The molecule has 0 bridgehead atoms. The summed E-state index contributed by atoms with van der Waals surface area (Å²) < 4.78 is 32.1. The van der Waals surface area contributed by atoms with Crippen molar-refractivity contribution in [3.63, 3.8) is 0 Å². The first-order chi connectivity index (χ1) is 8.77. The van der Waals surface area contributed by atoms with Crippen LogP contribution in [0.4, 0.5) is 0 Å². The summed E-state index contributed by atoms with van der Waals surface area (Å²) in [6.45, 7) is 7.43. The van der Waals surface area contributed by atoms with E-state index in [-0.39, 0.29) is 11.4 Å². The van der Waals surface area contributed by atoms with Crippen LogP contribution in [0.2, 0.25) is 0 Å². The van der Waals surface area contributed by atoms with Crippen LogP contribution in [0.3, 0.4) is 0 Å². The maximum absolute atomic E-state index is 12.2. The van der Waals surface area contributed by atoms with E-state index in [1.165, 1.54) is 6.92 Å². The molecule has 0 aromatic heterocycles. The van der Waals surface area contributed by atoms with Gasteiger partial charge in [-0.1, -0.05) is 0 Å². The van der Waals surface area contributed by atoms with Crippen LogP contribution in [-0.4, -0.2) is 32.8 Å². The molecule has 0 aliphatic carbocycles. The minimum absolute atomic E-state index is 0.0270. The number of rotatable bonds is 6. The van der Waals surface area contributed by atoms with Crippen molar-refractivity contribution < 1.29 is 18.3 Å². The van der Waals surface area contributed by atoms with Gasteiger partial charge in [0.25, 0.3) is 0 Å². The Balaban J connectivity index is 3.20. The fourth-order valence-electron chi connectivity index (χ4n) is 1.55. The molecule has 1 aromatic rings. The van der Waals surface area contributed by atoms with Crippen molar-refractivity contribution in [3.8, 4) is 5.75 Å². The highest BCUT2D eigenvalue weighted by atomic mass is 32.2. The summed E-state index contributed by atoms with van der Waals surface area (Å²) in [4.78, 5) is 0.109. The van der Waals surface area contributed by atoms with Gasteiger partial charge in [0.1, 0.15) is 10.6 Å². The van der Waals surface area contributed by atoms with Gasteiger partial charge in [-0.2, -0.15) is 0 Å². The highest BCUT2D eigenvalue weighted by molar-refractivity contribution is 7.89. The lowest BCUT2D eigenvalue weighted by atomic mass is 10.1. The smallest absolute Gasteiger partial charge is 0.244 e. The van der Waals surface area contributed by atoms with Gasteiger partial charge in [-0.25, -0.2) is 13.1 Å². The lowest BCUT2D eigenvalue weighted by molar-refractivity contribution is 0.198. The van der Waals surface area contributed by atoms with Crippen molar-refractivity contribution in [2.45, 2.75) is 38.7 Å². The van der Waals surface area contributed by atoms with E-state index in [1.807, 2.05) is 13.8 Å². The zero-order valence-corrected chi connectivity index (χ0v) is 12.5. The van der Waals surface area contributed by atoms with Crippen molar-refractivity contribution >= 4 is 10.0 Å². The van der Waals surface area contributed by atoms with E-state index < -0.39 is 16.1 Å². The van der Waals surface area contributed by atoms with Crippen molar-refractivity contribution in [2.75, 3.05) is 13.2 Å². The summed E-state index contributed by atoms with van der Waals surface area (Å²) in [5.74, 6) is 0.337. The summed E-state index contributed by atoms with van der Waals surface area (Å²) in [5.41, 5.74) is 1.85. The molecular formula is C13H21NO4S. The third kappa shape index (κ3) is 4.19. The second-order valence-corrected chi connectivity index (χ2v) is 6.25. The molecule has 0 aliphatic rings. The lowest BCUT2D eigenvalue weighted by Gasteiger charge is -2.14. The second kappa shape index (κ2) is 6.36. The number of ether oxygens (including phenoxy) is 1. The first kappa shape index (κ1) is 15.9. The summed E-state index contributed by atoms with van der Waals surface area (Å²) in [7, 11) is -3.68. The third-order valence-electron chi connectivity index (χ3n) is 2.72. The van der Waals surface area contributed by atoms with Gasteiger partial charge < -0.3 is 9.84 Å². The van der Waals surface area contributed by atoms with E-state index >= 15 is 0 Å². The van der Waals surface area contributed by atoms with Gasteiger partial charge in [0, 0.05) is 6.54 Å². The maximum atomic E-state index is 12.2. The molecule has 0 heterocycles. The molecule has 1 atom stereocenters. The summed E-state index contributed by atoms with van der Waals surface area (Å²) in [6, 6.07) is 3.31. The summed E-state index contributed by atoms with van der Waals surface area (Å²) in [5, 5.41) is 9.18. The zero-order valence-electron chi connectivity index (χ0n) is 11.7. The second-order valence-electron chi connectivity index (χ2n) is 4.52. The Morgan fingerprint density at radius 3 is 2.42 bits per heavy atom. The molecule has 0 fully saturated rings. The standard InChI is InChI=1S/C13H21NO4S/c1-5-18-12-6-9(2)10(3)7-13(12)19(16,17)14-8-11(4)15/h6-7,11,14-15H,5,8H2,1-4H3. The van der Waals surface area contributed by atoms with Gasteiger partial charge in [0.2, 0.25) is 10.0 Å². The number of sulfonamides is 1. The Morgan fingerprint density at radius 1 is 1.32 bits per heavy atom. The van der Waals surface area contributed by atoms with Gasteiger partial charge in [-0.15, -0.1) is 0 Å². The zero-order chi connectivity index (χ0) is 14.6. The summed E-state index contributed by atoms with van der Waals surface area (Å²) >= 11 is 0. The molecule has 0 amide bonds. The van der Waals surface area contributed by atoms with E-state index in [1.54, 1.807) is 19.1 Å². The summed E-state index contributed by atoms with van der Waals surface area (Å²) in [6.07, 6.45) is -0.739. The Hall–Kier alpha value is -1.11. The number of hydrogen-bond donors (Lipinski definition) is 2. The molecule has 0 saturated carbocycles.